The zero-order valence-electron chi connectivity index (χ0n) is 16.0. The molecule has 4 rings (SSSR count). The number of rotatable bonds is 7. The summed E-state index contributed by atoms with van der Waals surface area (Å²) < 4.78 is 15.9. The van der Waals surface area contributed by atoms with E-state index in [0.29, 0.717) is 17.5 Å². The number of aromatic nitrogens is 2. The van der Waals surface area contributed by atoms with Crippen LogP contribution in [0.4, 0.5) is 10.1 Å². The van der Waals surface area contributed by atoms with Gasteiger partial charge in [0.1, 0.15) is 5.83 Å². The normalized spacial score (nSPS) is 17.5. The molecule has 0 bridgehead atoms. The Morgan fingerprint density at radius 2 is 1.89 bits per heavy atom. The third kappa shape index (κ3) is 3.84. The van der Waals surface area contributed by atoms with Crippen molar-refractivity contribution in [3.8, 4) is 5.69 Å². The number of anilines is 1. The zero-order chi connectivity index (χ0) is 19.7. The van der Waals surface area contributed by atoms with E-state index in [1.807, 2.05) is 28.9 Å². The molecule has 2 aromatic rings. The Bertz CT molecular complexity index is 960. The highest BCUT2D eigenvalue weighted by atomic mass is 19.1. The van der Waals surface area contributed by atoms with Crippen LogP contribution in [0, 0.1) is 0 Å². The first-order chi connectivity index (χ1) is 13.6. The fourth-order valence-electron chi connectivity index (χ4n) is 3.29. The Morgan fingerprint density at radius 3 is 2.46 bits per heavy atom. The van der Waals surface area contributed by atoms with E-state index in [9.17, 15) is 9.18 Å². The summed E-state index contributed by atoms with van der Waals surface area (Å²) in [6, 6.07) is 9.78. The summed E-state index contributed by atoms with van der Waals surface area (Å²) in [7, 11) is 0. The van der Waals surface area contributed by atoms with Crippen LogP contribution in [0.15, 0.2) is 66.5 Å². The Kier molecular flexibility index (Phi) is 4.99. The molecule has 2 fully saturated rings. The van der Waals surface area contributed by atoms with Crippen LogP contribution in [0.3, 0.4) is 0 Å². The molecule has 1 aromatic heterocycles. The smallest absolute Gasteiger partial charge is 0.258 e. The lowest BCUT2D eigenvalue weighted by Gasteiger charge is -2.10. The van der Waals surface area contributed by atoms with E-state index in [2.05, 4.69) is 18.0 Å². The van der Waals surface area contributed by atoms with E-state index < -0.39 is 11.7 Å². The number of nitrogens with zero attached hydrogens (tertiary/aromatic N) is 2. The zero-order valence-corrected chi connectivity index (χ0v) is 16.0. The summed E-state index contributed by atoms with van der Waals surface area (Å²) >= 11 is 0. The average Bonchev–Trinajstić information content (AvgIpc) is 3.64. The van der Waals surface area contributed by atoms with Crippen molar-refractivity contribution in [1.29, 1.82) is 0 Å². The molecule has 2 saturated carbocycles. The van der Waals surface area contributed by atoms with Gasteiger partial charge in [-0.1, -0.05) is 18.7 Å². The maximum atomic E-state index is 13.9. The molecule has 5 heteroatoms. The molecular weight excluding hydrogens is 353 g/mol. The van der Waals surface area contributed by atoms with Crippen molar-refractivity contribution in [2.45, 2.75) is 44.4 Å². The highest BCUT2D eigenvalue weighted by Gasteiger charge is 2.32. The number of benzene rings is 1. The first-order valence-electron chi connectivity index (χ1n) is 9.77. The summed E-state index contributed by atoms with van der Waals surface area (Å²) in [6.45, 7) is 5.09. The molecule has 0 aliphatic heterocycles. The minimum absolute atomic E-state index is 0.0428. The van der Waals surface area contributed by atoms with E-state index in [1.54, 1.807) is 6.92 Å². The highest BCUT2D eigenvalue weighted by molar-refractivity contribution is 6.06. The van der Waals surface area contributed by atoms with E-state index in [0.717, 1.165) is 5.69 Å². The van der Waals surface area contributed by atoms with Crippen molar-refractivity contribution in [3.63, 3.8) is 0 Å². The van der Waals surface area contributed by atoms with Gasteiger partial charge in [0, 0.05) is 23.2 Å². The van der Waals surface area contributed by atoms with Gasteiger partial charge in [0.05, 0.1) is 17.0 Å². The molecule has 1 N–H and O–H groups in total. The first kappa shape index (κ1) is 18.4. The topological polar surface area (TPSA) is 46.9 Å². The maximum absolute atomic E-state index is 13.9. The second kappa shape index (κ2) is 7.58. The fraction of sp³-hybridized carbons (Fsp3) is 0.304. The van der Waals surface area contributed by atoms with Gasteiger partial charge < -0.3 is 5.32 Å². The van der Waals surface area contributed by atoms with Crippen molar-refractivity contribution >= 4 is 11.6 Å². The van der Waals surface area contributed by atoms with Gasteiger partial charge in [0.15, 0.2) is 0 Å². The van der Waals surface area contributed by atoms with Crippen LogP contribution >= 0.6 is 0 Å². The summed E-state index contributed by atoms with van der Waals surface area (Å²) in [6.07, 6.45) is 8.93. The summed E-state index contributed by atoms with van der Waals surface area (Å²) in [5.41, 5.74) is 4.02. The predicted octanol–water partition coefficient (Wildman–Crippen LogP) is 5.55. The highest BCUT2D eigenvalue weighted by Crippen LogP contribution is 2.45. The minimum atomic E-state index is -0.577. The lowest BCUT2D eigenvalue weighted by molar-refractivity contribution is -0.112. The van der Waals surface area contributed by atoms with Crippen LogP contribution in [-0.2, 0) is 4.79 Å². The Hall–Kier alpha value is -2.95. The fourth-order valence-corrected chi connectivity index (χ4v) is 3.29. The third-order valence-electron chi connectivity index (χ3n) is 5.16. The van der Waals surface area contributed by atoms with Gasteiger partial charge in [0.2, 0.25) is 0 Å². The Morgan fingerprint density at radius 1 is 1.21 bits per heavy atom. The van der Waals surface area contributed by atoms with Crippen LogP contribution in [0.1, 0.15) is 55.8 Å². The summed E-state index contributed by atoms with van der Waals surface area (Å²) in [5, 5.41) is 7.57. The first-order valence-corrected chi connectivity index (χ1v) is 9.77. The Labute approximate surface area is 164 Å². The molecule has 0 spiro atoms. The van der Waals surface area contributed by atoms with Crippen LogP contribution in [0.2, 0.25) is 0 Å². The molecule has 2 aliphatic carbocycles. The monoisotopic (exact) mass is 377 g/mol. The molecule has 28 heavy (non-hydrogen) atoms. The molecule has 4 nitrogen and oxygen atoms in total. The maximum Gasteiger partial charge on any atom is 0.258 e. The largest absolute Gasteiger partial charge is 0.322 e. The van der Waals surface area contributed by atoms with Gasteiger partial charge in [0.25, 0.3) is 5.91 Å². The Balaban J connectivity index is 1.54. The molecule has 0 saturated heterocycles. The third-order valence-corrected chi connectivity index (χ3v) is 5.16. The van der Waals surface area contributed by atoms with Crippen molar-refractivity contribution in [1.82, 2.24) is 9.78 Å². The predicted molar refractivity (Wildman–Crippen MR) is 109 cm³/mol. The number of allylic oxidation sites excluding steroid dienone is 3. The van der Waals surface area contributed by atoms with Crippen LogP contribution in [0.5, 0.6) is 0 Å². The average molecular weight is 377 g/mol. The van der Waals surface area contributed by atoms with Crippen molar-refractivity contribution in [2.24, 2.45) is 0 Å². The molecular formula is C23H24FN3O. The van der Waals surface area contributed by atoms with Crippen molar-refractivity contribution < 1.29 is 9.18 Å². The molecule has 2 aliphatic rings. The molecule has 1 amide bonds. The number of carbonyl (C=O) groups excluding carboxylic acids is 1. The molecule has 1 aromatic carbocycles. The van der Waals surface area contributed by atoms with Gasteiger partial charge in [-0.05, 0) is 69.0 Å². The molecule has 0 radical (unpaired) electrons. The van der Waals surface area contributed by atoms with Crippen LogP contribution in [0.25, 0.3) is 5.69 Å². The van der Waals surface area contributed by atoms with E-state index >= 15 is 0 Å². The lowest BCUT2D eigenvalue weighted by Crippen LogP contribution is -2.15. The van der Waals surface area contributed by atoms with Gasteiger partial charge in [-0.15, -0.1) is 0 Å². The number of halogens is 1. The SMILES string of the molecule is C=C/C=C(C(=O)Nc1ccc(-n2nc(C3CC3)cc2C2CC2)cc1)\C(F)=C/C. The van der Waals surface area contributed by atoms with E-state index in [-0.39, 0.29) is 5.57 Å². The second-order valence-electron chi connectivity index (χ2n) is 7.41. The molecule has 144 valence electrons. The standard InChI is InChI=1S/C23H24FN3O/c1-3-5-19(20(24)4-2)23(28)25-17-10-12-18(13-11-17)27-22(16-8-9-16)14-21(26-27)15-6-7-15/h3-5,10-16H,1,6-9H2,2H3,(H,25,28)/b19-5+,20-4+. The van der Waals surface area contributed by atoms with Gasteiger partial charge >= 0.3 is 0 Å². The number of carbonyl (C=O) groups is 1. The quantitative estimate of drug-likeness (QED) is 0.508. The van der Waals surface area contributed by atoms with Gasteiger partial charge in [-0.25, -0.2) is 9.07 Å². The lowest BCUT2D eigenvalue weighted by atomic mass is 10.1. The number of nitrogens with one attached hydrogen (secondary N) is 1. The van der Waals surface area contributed by atoms with E-state index in [4.69, 9.17) is 5.10 Å². The minimum Gasteiger partial charge on any atom is -0.322 e. The summed E-state index contributed by atoms with van der Waals surface area (Å²) in [4.78, 5) is 12.4. The van der Waals surface area contributed by atoms with Gasteiger partial charge in [-0.2, -0.15) is 5.10 Å². The van der Waals surface area contributed by atoms with Crippen LogP contribution in [-0.4, -0.2) is 15.7 Å². The van der Waals surface area contributed by atoms with Crippen LogP contribution < -0.4 is 5.32 Å². The van der Waals surface area contributed by atoms with Crippen molar-refractivity contribution in [3.05, 3.63) is 77.9 Å². The van der Waals surface area contributed by atoms with Crippen molar-refractivity contribution in [2.75, 3.05) is 5.32 Å². The molecule has 1 heterocycles. The number of hydrogen-bond donors (Lipinski definition) is 1. The molecule has 0 unspecified atom stereocenters. The second-order valence-corrected chi connectivity index (χ2v) is 7.41. The van der Waals surface area contributed by atoms with Gasteiger partial charge in [-0.3, -0.25) is 4.79 Å². The summed E-state index contributed by atoms with van der Waals surface area (Å²) in [5.74, 6) is 0.146. The van der Waals surface area contributed by atoms with E-state index in [1.165, 1.54) is 55.3 Å². The number of amides is 1. The molecule has 0 atom stereocenters. The number of hydrogen-bond acceptors (Lipinski definition) is 2.